The molecule has 3 fully saturated rings. The molecule has 0 spiro atoms. The number of carbonyl (C=O) groups is 2. The molecule has 118 valence electrons. The Morgan fingerprint density at radius 1 is 1.10 bits per heavy atom. The number of amides is 2. The van der Waals surface area contributed by atoms with Gasteiger partial charge in [0.2, 0.25) is 0 Å². The van der Waals surface area contributed by atoms with Crippen molar-refractivity contribution in [2.24, 2.45) is 0 Å². The fourth-order valence-corrected chi connectivity index (χ4v) is 3.60. The summed E-state index contributed by atoms with van der Waals surface area (Å²) in [5, 5.41) is 8.87. The van der Waals surface area contributed by atoms with E-state index in [9.17, 15) is 9.59 Å². The lowest BCUT2D eigenvalue weighted by molar-refractivity contribution is -0.137. The molecule has 0 radical (unpaired) electrons. The standard InChI is InChI=1S/C15H25N3O3/c19-14(20)6-10-18(12-4-5-12)15(21)17-9-2-8-16-7-1-3-13(16)11-17/h12-13H,1-11H2,(H,19,20). The summed E-state index contributed by atoms with van der Waals surface area (Å²) in [6, 6.07) is 0.851. The highest BCUT2D eigenvalue weighted by Crippen LogP contribution is 2.29. The van der Waals surface area contributed by atoms with Gasteiger partial charge in [-0.1, -0.05) is 0 Å². The number of rotatable bonds is 4. The second-order valence-corrected chi connectivity index (χ2v) is 6.48. The molecule has 0 aromatic heterocycles. The van der Waals surface area contributed by atoms with Gasteiger partial charge >= 0.3 is 12.0 Å². The minimum atomic E-state index is -0.828. The summed E-state index contributed by atoms with van der Waals surface area (Å²) in [6.07, 6.45) is 5.54. The topological polar surface area (TPSA) is 64.1 Å². The van der Waals surface area contributed by atoms with Crippen molar-refractivity contribution in [3.63, 3.8) is 0 Å². The van der Waals surface area contributed by atoms with Gasteiger partial charge in [0.25, 0.3) is 0 Å². The van der Waals surface area contributed by atoms with Crippen molar-refractivity contribution in [1.29, 1.82) is 0 Å². The van der Waals surface area contributed by atoms with Crippen molar-refractivity contribution in [2.45, 2.75) is 50.6 Å². The van der Waals surface area contributed by atoms with E-state index in [1.165, 1.54) is 12.8 Å². The Balaban J connectivity index is 1.62. The Kier molecular flexibility index (Phi) is 4.33. The van der Waals surface area contributed by atoms with Gasteiger partial charge in [0.15, 0.2) is 0 Å². The van der Waals surface area contributed by atoms with Crippen LogP contribution in [-0.2, 0) is 4.79 Å². The summed E-state index contributed by atoms with van der Waals surface area (Å²) in [4.78, 5) is 29.8. The van der Waals surface area contributed by atoms with Crippen LogP contribution in [0, 0.1) is 0 Å². The Morgan fingerprint density at radius 2 is 1.86 bits per heavy atom. The molecule has 2 heterocycles. The van der Waals surface area contributed by atoms with Crippen LogP contribution in [0.15, 0.2) is 0 Å². The van der Waals surface area contributed by atoms with E-state index in [2.05, 4.69) is 4.90 Å². The van der Waals surface area contributed by atoms with Gasteiger partial charge in [0, 0.05) is 38.3 Å². The molecule has 1 unspecified atom stereocenters. The minimum Gasteiger partial charge on any atom is -0.481 e. The molecule has 3 aliphatic rings. The molecule has 0 bridgehead atoms. The van der Waals surface area contributed by atoms with E-state index in [0.29, 0.717) is 12.6 Å². The smallest absolute Gasteiger partial charge is 0.320 e. The van der Waals surface area contributed by atoms with Crippen LogP contribution >= 0.6 is 0 Å². The first-order chi connectivity index (χ1) is 10.1. The summed E-state index contributed by atoms with van der Waals surface area (Å²) >= 11 is 0. The van der Waals surface area contributed by atoms with Gasteiger partial charge in [0.1, 0.15) is 0 Å². The number of urea groups is 1. The van der Waals surface area contributed by atoms with Crippen molar-refractivity contribution < 1.29 is 14.7 Å². The number of carbonyl (C=O) groups excluding carboxylic acids is 1. The monoisotopic (exact) mass is 295 g/mol. The summed E-state index contributed by atoms with van der Waals surface area (Å²) in [6.45, 7) is 4.23. The van der Waals surface area contributed by atoms with E-state index < -0.39 is 5.97 Å². The largest absolute Gasteiger partial charge is 0.481 e. The molecule has 2 saturated heterocycles. The summed E-state index contributed by atoms with van der Waals surface area (Å²) < 4.78 is 0. The van der Waals surface area contributed by atoms with Crippen molar-refractivity contribution in [3.8, 4) is 0 Å². The number of carboxylic acids is 1. The Bertz CT molecular complexity index is 411. The molecule has 21 heavy (non-hydrogen) atoms. The third kappa shape index (κ3) is 3.48. The SMILES string of the molecule is O=C(O)CCN(C(=O)N1CCCN2CCCC2C1)C1CC1. The van der Waals surface area contributed by atoms with Crippen LogP contribution in [0.5, 0.6) is 0 Å². The van der Waals surface area contributed by atoms with Crippen LogP contribution in [0.3, 0.4) is 0 Å². The lowest BCUT2D eigenvalue weighted by Crippen LogP contribution is -2.48. The number of hydrogen-bond donors (Lipinski definition) is 1. The van der Waals surface area contributed by atoms with Gasteiger partial charge in [-0.25, -0.2) is 4.79 Å². The zero-order chi connectivity index (χ0) is 14.8. The molecule has 2 aliphatic heterocycles. The lowest BCUT2D eigenvalue weighted by atomic mass is 10.2. The second kappa shape index (κ2) is 6.22. The van der Waals surface area contributed by atoms with Gasteiger partial charge in [0.05, 0.1) is 6.42 Å². The molecule has 6 heteroatoms. The number of nitrogens with zero attached hydrogens (tertiary/aromatic N) is 3. The molecule has 1 saturated carbocycles. The van der Waals surface area contributed by atoms with Crippen LogP contribution < -0.4 is 0 Å². The maximum Gasteiger partial charge on any atom is 0.320 e. The highest BCUT2D eigenvalue weighted by atomic mass is 16.4. The van der Waals surface area contributed by atoms with E-state index in [1.54, 1.807) is 4.90 Å². The van der Waals surface area contributed by atoms with Crippen molar-refractivity contribution in [2.75, 3.05) is 32.7 Å². The number of carboxylic acid groups (broad SMARTS) is 1. The third-order valence-corrected chi connectivity index (χ3v) is 4.87. The zero-order valence-electron chi connectivity index (χ0n) is 12.5. The lowest BCUT2D eigenvalue weighted by Gasteiger charge is -2.31. The van der Waals surface area contributed by atoms with E-state index in [0.717, 1.165) is 45.4 Å². The first-order valence-corrected chi connectivity index (χ1v) is 8.16. The predicted molar refractivity (Wildman–Crippen MR) is 78.2 cm³/mol. The molecule has 1 aliphatic carbocycles. The molecule has 0 aromatic rings. The highest BCUT2D eigenvalue weighted by molar-refractivity contribution is 5.76. The molecule has 1 atom stereocenters. The van der Waals surface area contributed by atoms with Gasteiger partial charge in [-0.2, -0.15) is 0 Å². The number of aliphatic carboxylic acids is 1. The van der Waals surface area contributed by atoms with Crippen LogP contribution in [0.1, 0.15) is 38.5 Å². The normalized spacial score (nSPS) is 26.3. The maximum absolute atomic E-state index is 12.8. The van der Waals surface area contributed by atoms with Crippen LogP contribution in [0.25, 0.3) is 0 Å². The van der Waals surface area contributed by atoms with E-state index >= 15 is 0 Å². The quantitative estimate of drug-likeness (QED) is 0.847. The number of hydrogen-bond acceptors (Lipinski definition) is 3. The first-order valence-electron chi connectivity index (χ1n) is 8.16. The van der Waals surface area contributed by atoms with Crippen LogP contribution in [-0.4, -0.2) is 76.6 Å². The maximum atomic E-state index is 12.8. The fraction of sp³-hybridized carbons (Fsp3) is 0.867. The highest BCUT2D eigenvalue weighted by Gasteiger charge is 2.37. The Morgan fingerprint density at radius 3 is 2.57 bits per heavy atom. The van der Waals surface area contributed by atoms with Gasteiger partial charge in [-0.3, -0.25) is 9.69 Å². The predicted octanol–water partition coefficient (Wildman–Crippen LogP) is 1.22. The molecular weight excluding hydrogens is 270 g/mol. The van der Waals surface area contributed by atoms with E-state index in [1.807, 2.05) is 4.90 Å². The zero-order valence-corrected chi connectivity index (χ0v) is 12.5. The first kappa shape index (κ1) is 14.6. The third-order valence-electron chi connectivity index (χ3n) is 4.87. The summed E-state index contributed by atoms with van der Waals surface area (Å²) in [7, 11) is 0. The minimum absolute atomic E-state index is 0.0473. The van der Waals surface area contributed by atoms with Gasteiger partial charge < -0.3 is 14.9 Å². The average molecular weight is 295 g/mol. The van der Waals surface area contributed by atoms with Crippen molar-refractivity contribution in [1.82, 2.24) is 14.7 Å². The summed E-state index contributed by atoms with van der Waals surface area (Å²) in [5.74, 6) is -0.828. The summed E-state index contributed by atoms with van der Waals surface area (Å²) in [5.41, 5.74) is 0. The average Bonchev–Trinajstić information content (AvgIpc) is 3.22. The Labute approximate surface area is 125 Å². The molecule has 3 rings (SSSR count). The molecular formula is C15H25N3O3. The van der Waals surface area contributed by atoms with Crippen LogP contribution in [0.2, 0.25) is 0 Å². The fourth-order valence-electron chi connectivity index (χ4n) is 3.60. The van der Waals surface area contributed by atoms with E-state index in [-0.39, 0.29) is 18.5 Å². The van der Waals surface area contributed by atoms with Crippen LogP contribution in [0.4, 0.5) is 4.79 Å². The van der Waals surface area contributed by atoms with Gasteiger partial charge in [-0.05, 0) is 38.6 Å². The molecule has 6 nitrogen and oxygen atoms in total. The molecule has 0 aromatic carbocycles. The molecule has 2 amide bonds. The number of fused-ring (bicyclic) bond motifs is 1. The second-order valence-electron chi connectivity index (χ2n) is 6.48. The molecule has 1 N–H and O–H groups in total. The van der Waals surface area contributed by atoms with E-state index in [4.69, 9.17) is 5.11 Å². The Hall–Kier alpha value is -1.30. The van der Waals surface area contributed by atoms with Crippen molar-refractivity contribution >= 4 is 12.0 Å². The van der Waals surface area contributed by atoms with Gasteiger partial charge in [-0.15, -0.1) is 0 Å². The van der Waals surface area contributed by atoms with Crippen molar-refractivity contribution in [3.05, 3.63) is 0 Å².